The van der Waals surface area contributed by atoms with Crippen LogP contribution in [-0.4, -0.2) is 27.9 Å². The minimum absolute atomic E-state index is 0.0148. The Bertz CT molecular complexity index is 1100. The number of amides is 1. The molecule has 0 unspecified atom stereocenters. The zero-order chi connectivity index (χ0) is 18.8. The van der Waals surface area contributed by atoms with Crippen molar-refractivity contribution in [2.75, 3.05) is 17.7 Å². The standard InChI is InChI=1S/C20H16ClN5O/c1-22-19-16-10-24-18(26-20(27)13-3-4-13)8-15(16)14(9-25-19)5-2-12-6-7-23-11-17(12)21/h6-11,13H,3-4H2,1H3,(H,22,25)(H,24,26,27). The summed E-state index contributed by atoms with van der Waals surface area (Å²) in [5.74, 6) is 7.51. The van der Waals surface area contributed by atoms with Gasteiger partial charge < -0.3 is 10.6 Å². The van der Waals surface area contributed by atoms with Crippen LogP contribution in [-0.2, 0) is 4.79 Å². The molecule has 134 valence electrons. The Morgan fingerprint density at radius 3 is 2.70 bits per heavy atom. The van der Waals surface area contributed by atoms with Crippen LogP contribution in [0.2, 0.25) is 5.02 Å². The minimum Gasteiger partial charge on any atom is -0.373 e. The highest BCUT2D eigenvalue weighted by molar-refractivity contribution is 6.31. The maximum Gasteiger partial charge on any atom is 0.228 e. The largest absolute Gasteiger partial charge is 0.373 e. The van der Waals surface area contributed by atoms with Crippen LogP contribution in [0.3, 0.4) is 0 Å². The van der Waals surface area contributed by atoms with Crippen LogP contribution < -0.4 is 10.6 Å². The molecule has 1 fully saturated rings. The van der Waals surface area contributed by atoms with E-state index in [0.717, 1.165) is 29.2 Å². The lowest BCUT2D eigenvalue weighted by atomic mass is 10.1. The van der Waals surface area contributed by atoms with Crippen molar-refractivity contribution >= 4 is 39.9 Å². The molecule has 0 radical (unpaired) electrons. The van der Waals surface area contributed by atoms with Gasteiger partial charge in [-0.25, -0.2) is 9.97 Å². The van der Waals surface area contributed by atoms with Crippen LogP contribution in [0.15, 0.2) is 36.9 Å². The normalized spacial score (nSPS) is 13.0. The fraction of sp³-hybridized carbons (Fsp3) is 0.200. The molecule has 3 heterocycles. The number of rotatable bonds is 3. The fourth-order valence-electron chi connectivity index (χ4n) is 2.69. The number of pyridine rings is 3. The van der Waals surface area contributed by atoms with Gasteiger partial charge in [0.1, 0.15) is 11.6 Å². The third-order valence-corrected chi connectivity index (χ3v) is 4.61. The van der Waals surface area contributed by atoms with Crippen molar-refractivity contribution in [1.82, 2.24) is 15.0 Å². The Kier molecular flexibility index (Phi) is 4.61. The van der Waals surface area contributed by atoms with E-state index >= 15 is 0 Å². The number of aromatic nitrogens is 3. The Balaban J connectivity index is 1.77. The quantitative estimate of drug-likeness (QED) is 0.683. The molecule has 1 aliphatic carbocycles. The Labute approximate surface area is 161 Å². The molecule has 6 nitrogen and oxygen atoms in total. The molecule has 2 N–H and O–H groups in total. The Hall–Kier alpha value is -3.17. The summed E-state index contributed by atoms with van der Waals surface area (Å²) in [7, 11) is 1.80. The third-order valence-electron chi connectivity index (χ3n) is 4.31. The number of anilines is 2. The van der Waals surface area contributed by atoms with Crippen molar-refractivity contribution in [2.45, 2.75) is 12.8 Å². The number of hydrogen-bond acceptors (Lipinski definition) is 5. The van der Waals surface area contributed by atoms with E-state index in [4.69, 9.17) is 11.6 Å². The molecular weight excluding hydrogens is 362 g/mol. The summed E-state index contributed by atoms with van der Waals surface area (Å²) >= 11 is 6.13. The number of hydrogen-bond donors (Lipinski definition) is 2. The van der Waals surface area contributed by atoms with Crippen molar-refractivity contribution in [3.8, 4) is 11.8 Å². The first-order valence-electron chi connectivity index (χ1n) is 8.54. The van der Waals surface area contributed by atoms with E-state index in [9.17, 15) is 4.79 Å². The van der Waals surface area contributed by atoms with Gasteiger partial charge >= 0.3 is 0 Å². The highest BCUT2D eigenvalue weighted by atomic mass is 35.5. The molecular formula is C20H16ClN5O. The maximum absolute atomic E-state index is 12.0. The van der Waals surface area contributed by atoms with Gasteiger partial charge in [0.2, 0.25) is 5.91 Å². The van der Waals surface area contributed by atoms with E-state index in [1.54, 1.807) is 37.9 Å². The van der Waals surface area contributed by atoms with Crippen LogP contribution >= 0.6 is 11.6 Å². The van der Waals surface area contributed by atoms with E-state index < -0.39 is 0 Å². The second-order valence-corrected chi connectivity index (χ2v) is 6.66. The number of halogens is 1. The molecule has 0 spiro atoms. The highest BCUT2D eigenvalue weighted by Gasteiger charge is 2.29. The lowest BCUT2D eigenvalue weighted by Gasteiger charge is -2.09. The number of nitrogens with one attached hydrogen (secondary N) is 2. The number of carbonyl (C=O) groups excluding carboxylic acids is 1. The van der Waals surface area contributed by atoms with Gasteiger partial charge in [0.15, 0.2) is 0 Å². The van der Waals surface area contributed by atoms with Crippen LogP contribution in [0.25, 0.3) is 10.8 Å². The Morgan fingerprint density at radius 1 is 1.15 bits per heavy atom. The highest BCUT2D eigenvalue weighted by Crippen LogP contribution is 2.31. The van der Waals surface area contributed by atoms with E-state index in [1.807, 2.05) is 6.07 Å². The van der Waals surface area contributed by atoms with Gasteiger partial charge in [-0.15, -0.1) is 0 Å². The summed E-state index contributed by atoms with van der Waals surface area (Å²) in [5.41, 5.74) is 1.41. The van der Waals surface area contributed by atoms with Gasteiger partial charge in [0.25, 0.3) is 0 Å². The first-order valence-corrected chi connectivity index (χ1v) is 8.92. The van der Waals surface area contributed by atoms with Crippen molar-refractivity contribution in [3.63, 3.8) is 0 Å². The van der Waals surface area contributed by atoms with Gasteiger partial charge in [-0.05, 0) is 25.0 Å². The van der Waals surface area contributed by atoms with Crippen LogP contribution in [0.5, 0.6) is 0 Å². The molecule has 0 atom stereocenters. The van der Waals surface area contributed by atoms with Crippen molar-refractivity contribution in [3.05, 3.63) is 53.1 Å². The summed E-state index contributed by atoms with van der Waals surface area (Å²) in [4.78, 5) is 24.8. The number of carbonyl (C=O) groups is 1. The zero-order valence-corrected chi connectivity index (χ0v) is 15.3. The van der Waals surface area contributed by atoms with E-state index in [1.165, 1.54) is 0 Å². The predicted octanol–water partition coefficient (Wildman–Crippen LogP) is 3.47. The van der Waals surface area contributed by atoms with Crippen molar-refractivity contribution in [2.24, 2.45) is 5.92 Å². The summed E-state index contributed by atoms with van der Waals surface area (Å²) in [6.07, 6.45) is 8.48. The monoisotopic (exact) mass is 377 g/mol. The molecule has 0 aromatic carbocycles. The molecule has 27 heavy (non-hydrogen) atoms. The van der Waals surface area contributed by atoms with Gasteiger partial charge in [-0.2, -0.15) is 0 Å². The smallest absolute Gasteiger partial charge is 0.228 e. The first kappa shape index (κ1) is 17.3. The molecule has 4 rings (SSSR count). The zero-order valence-electron chi connectivity index (χ0n) is 14.6. The molecule has 1 amide bonds. The second-order valence-electron chi connectivity index (χ2n) is 6.25. The number of fused-ring (bicyclic) bond motifs is 1. The lowest BCUT2D eigenvalue weighted by molar-refractivity contribution is -0.117. The van der Waals surface area contributed by atoms with Crippen molar-refractivity contribution < 1.29 is 4.79 Å². The van der Waals surface area contributed by atoms with Crippen LogP contribution in [0, 0.1) is 17.8 Å². The average molecular weight is 378 g/mol. The molecule has 3 aromatic rings. The van der Waals surface area contributed by atoms with Gasteiger partial charge in [0, 0.05) is 54.1 Å². The summed E-state index contributed by atoms with van der Waals surface area (Å²) < 4.78 is 0. The summed E-state index contributed by atoms with van der Waals surface area (Å²) in [5, 5.41) is 8.10. The lowest BCUT2D eigenvalue weighted by Crippen LogP contribution is -2.14. The second kappa shape index (κ2) is 7.22. The van der Waals surface area contributed by atoms with Gasteiger partial charge in [-0.1, -0.05) is 23.4 Å². The van der Waals surface area contributed by atoms with E-state index in [2.05, 4.69) is 37.4 Å². The molecule has 1 saturated carbocycles. The topological polar surface area (TPSA) is 79.8 Å². The van der Waals surface area contributed by atoms with Crippen LogP contribution in [0.4, 0.5) is 11.6 Å². The van der Waals surface area contributed by atoms with Crippen LogP contribution in [0.1, 0.15) is 24.0 Å². The van der Waals surface area contributed by atoms with Crippen molar-refractivity contribution in [1.29, 1.82) is 0 Å². The van der Waals surface area contributed by atoms with Gasteiger partial charge in [0.05, 0.1) is 10.6 Å². The van der Waals surface area contributed by atoms with E-state index in [-0.39, 0.29) is 11.8 Å². The third kappa shape index (κ3) is 3.69. The predicted molar refractivity (Wildman–Crippen MR) is 106 cm³/mol. The molecule has 1 aliphatic rings. The molecule has 0 aliphatic heterocycles. The molecule has 0 saturated heterocycles. The minimum atomic E-state index is 0.0148. The fourth-order valence-corrected chi connectivity index (χ4v) is 2.85. The maximum atomic E-state index is 12.0. The SMILES string of the molecule is CNc1ncc(C#Cc2ccncc2Cl)c2cc(NC(=O)C3CC3)ncc12. The summed E-state index contributed by atoms with van der Waals surface area (Å²) in [6, 6.07) is 3.59. The average Bonchev–Trinajstić information content (AvgIpc) is 3.52. The number of nitrogens with zero attached hydrogens (tertiary/aromatic N) is 3. The van der Waals surface area contributed by atoms with Gasteiger partial charge in [-0.3, -0.25) is 9.78 Å². The molecule has 0 bridgehead atoms. The first-order chi connectivity index (χ1) is 13.2. The Morgan fingerprint density at radius 2 is 1.96 bits per heavy atom. The molecule has 7 heteroatoms. The summed E-state index contributed by atoms with van der Waals surface area (Å²) in [6.45, 7) is 0. The molecule has 3 aromatic heterocycles. The van der Waals surface area contributed by atoms with E-state index in [0.29, 0.717) is 22.2 Å².